The van der Waals surface area contributed by atoms with Gasteiger partial charge in [-0.3, -0.25) is 9.59 Å². The molecular formula is C22H23N3O3. The normalized spacial score (nSPS) is 14.3. The molecule has 2 amide bonds. The second-order valence-electron chi connectivity index (χ2n) is 6.70. The van der Waals surface area contributed by atoms with Crippen molar-refractivity contribution in [3.05, 3.63) is 59.7 Å². The first-order valence-corrected chi connectivity index (χ1v) is 9.29. The number of hydrogen-bond donors (Lipinski definition) is 0. The summed E-state index contributed by atoms with van der Waals surface area (Å²) >= 11 is 0. The molecule has 0 bridgehead atoms. The van der Waals surface area contributed by atoms with Gasteiger partial charge in [-0.15, -0.1) is 0 Å². The SMILES string of the molecule is COCC(=O)N1CCCN(C(=O)c2cccc(-c3ccccc3C#N)c2)CC1. The maximum atomic E-state index is 13.0. The summed E-state index contributed by atoms with van der Waals surface area (Å²) in [7, 11) is 1.50. The number of amides is 2. The van der Waals surface area contributed by atoms with Crippen molar-refractivity contribution in [3.63, 3.8) is 0 Å². The van der Waals surface area contributed by atoms with Crippen molar-refractivity contribution in [2.75, 3.05) is 39.9 Å². The Hall–Kier alpha value is -3.17. The van der Waals surface area contributed by atoms with E-state index >= 15 is 0 Å². The van der Waals surface area contributed by atoms with Crippen molar-refractivity contribution in [2.24, 2.45) is 0 Å². The average Bonchev–Trinajstić information content (AvgIpc) is 3.00. The summed E-state index contributed by atoms with van der Waals surface area (Å²) in [5, 5.41) is 9.33. The van der Waals surface area contributed by atoms with Crippen LogP contribution in [0.4, 0.5) is 0 Å². The predicted octanol–water partition coefficient (Wildman–Crippen LogP) is 2.55. The van der Waals surface area contributed by atoms with E-state index in [4.69, 9.17) is 4.74 Å². The first-order valence-electron chi connectivity index (χ1n) is 9.29. The molecule has 3 rings (SSSR count). The Bertz CT molecular complexity index is 904. The number of nitrogens with zero attached hydrogens (tertiary/aromatic N) is 3. The van der Waals surface area contributed by atoms with Gasteiger partial charge >= 0.3 is 0 Å². The molecule has 1 heterocycles. The van der Waals surface area contributed by atoms with Crippen LogP contribution in [0, 0.1) is 11.3 Å². The number of ether oxygens (including phenoxy) is 1. The number of carbonyl (C=O) groups is 2. The highest BCUT2D eigenvalue weighted by atomic mass is 16.5. The Kier molecular flexibility index (Phi) is 6.41. The molecule has 0 aliphatic carbocycles. The van der Waals surface area contributed by atoms with Gasteiger partial charge in [0.15, 0.2) is 0 Å². The molecule has 6 nitrogen and oxygen atoms in total. The lowest BCUT2D eigenvalue weighted by molar-refractivity contribution is -0.135. The lowest BCUT2D eigenvalue weighted by Gasteiger charge is -2.22. The summed E-state index contributed by atoms with van der Waals surface area (Å²) in [4.78, 5) is 28.6. The molecule has 0 saturated carbocycles. The van der Waals surface area contributed by atoms with E-state index in [1.165, 1.54) is 7.11 Å². The monoisotopic (exact) mass is 377 g/mol. The maximum Gasteiger partial charge on any atom is 0.253 e. The van der Waals surface area contributed by atoms with Crippen LogP contribution in [0.15, 0.2) is 48.5 Å². The minimum absolute atomic E-state index is 0.0492. The van der Waals surface area contributed by atoms with Crippen LogP contribution >= 0.6 is 0 Å². The van der Waals surface area contributed by atoms with Gasteiger partial charge in [-0.05, 0) is 35.7 Å². The Morgan fingerprint density at radius 1 is 1.04 bits per heavy atom. The molecule has 0 atom stereocenters. The molecule has 1 aliphatic heterocycles. The lowest BCUT2D eigenvalue weighted by Crippen LogP contribution is -2.38. The Labute approximate surface area is 164 Å². The van der Waals surface area contributed by atoms with Gasteiger partial charge in [-0.25, -0.2) is 0 Å². The van der Waals surface area contributed by atoms with Crippen LogP contribution in [-0.2, 0) is 9.53 Å². The fourth-order valence-corrected chi connectivity index (χ4v) is 3.42. The van der Waals surface area contributed by atoms with E-state index < -0.39 is 0 Å². The molecule has 0 unspecified atom stereocenters. The Balaban J connectivity index is 1.76. The highest BCUT2D eigenvalue weighted by molar-refractivity contribution is 5.95. The van der Waals surface area contributed by atoms with E-state index in [9.17, 15) is 14.9 Å². The second-order valence-corrected chi connectivity index (χ2v) is 6.70. The lowest BCUT2D eigenvalue weighted by atomic mass is 9.98. The summed E-state index contributed by atoms with van der Waals surface area (Å²) < 4.78 is 4.92. The quantitative estimate of drug-likeness (QED) is 0.821. The third kappa shape index (κ3) is 4.38. The average molecular weight is 377 g/mol. The van der Waals surface area contributed by atoms with E-state index in [0.717, 1.165) is 17.5 Å². The molecule has 1 saturated heterocycles. The van der Waals surface area contributed by atoms with E-state index in [-0.39, 0.29) is 18.4 Å². The van der Waals surface area contributed by atoms with Gasteiger partial charge in [-0.1, -0.05) is 30.3 Å². The molecule has 2 aromatic carbocycles. The second kappa shape index (κ2) is 9.16. The summed E-state index contributed by atoms with van der Waals surface area (Å²) in [6.45, 7) is 2.29. The van der Waals surface area contributed by atoms with Crippen molar-refractivity contribution in [2.45, 2.75) is 6.42 Å². The van der Waals surface area contributed by atoms with E-state index in [0.29, 0.717) is 37.3 Å². The van der Waals surface area contributed by atoms with Crippen LogP contribution in [0.2, 0.25) is 0 Å². The standard InChI is InChI=1S/C22H23N3O3/c1-28-16-21(26)24-10-5-11-25(13-12-24)22(27)18-8-4-7-17(14-18)20-9-3-2-6-19(20)15-23/h2-4,6-9,14H,5,10-13,16H2,1H3. The van der Waals surface area contributed by atoms with Crippen molar-refractivity contribution < 1.29 is 14.3 Å². The van der Waals surface area contributed by atoms with Gasteiger partial charge in [0, 0.05) is 38.9 Å². The largest absolute Gasteiger partial charge is 0.375 e. The predicted molar refractivity (Wildman–Crippen MR) is 106 cm³/mol. The van der Waals surface area contributed by atoms with Crippen LogP contribution < -0.4 is 0 Å². The van der Waals surface area contributed by atoms with Crippen LogP contribution in [0.3, 0.4) is 0 Å². The fraction of sp³-hybridized carbons (Fsp3) is 0.318. The third-order valence-electron chi connectivity index (χ3n) is 4.87. The van der Waals surface area contributed by atoms with Gasteiger partial charge in [-0.2, -0.15) is 5.26 Å². The number of carbonyl (C=O) groups excluding carboxylic acids is 2. The molecule has 0 aromatic heterocycles. The zero-order valence-corrected chi connectivity index (χ0v) is 15.9. The van der Waals surface area contributed by atoms with E-state index in [1.54, 1.807) is 21.9 Å². The van der Waals surface area contributed by atoms with Gasteiger partial charge in [0.05, 0.1) is 11.6 Å². The number of methoxy groups -OCH3 is 1. The highest BCUT2D eigenvalue weighted by Crippen LogP contribution is 2.24. The highest BCUT2D eigenvalue weighted by Gasteiger charge is 2.23. The molecule has 28 heavy (non-hydrogen) atoms. The van der Waals surface area contributed by atoms with E-state index in [2.05, 4.69) is 6.07 Å². The van der Waals surface area contributed by atoms with Crippen molar-refractivity contribution in [3.8, 4) is 17.2 Å². The summed E-state index contributed by atoms with van der Waals surface area (Å²) in [5.74, 6) is -0.107. The minimum Gasteiger partial charge on any atom is -0.375 e. The molecule has 1 fully saturated rings. The van der Waals surface area contributed by atoms with Crippen LogP contribution in [0.1, 0.15) is 22.3 Å². The molecule has 2 aromatic rings. The summed E-state index contributed by atoms with van der Waals surface area (Å²) in [6.07, 6.45) is 0.734. The minimum atomic E-state index is -0.0580. The molecule has 0 radical (unpaired) electrons. The van der Waals surface area contributed by atoms with Crippen molar-refractivity contribution in [1.29, 1.82) is 5.26 Å². The van der Waals surface area contributed by atoms with Crippen LogP contribution in [-0.4, -0.2) is 61.5 Å². The molecule has 6 heteroatoms. The van der Waals surface area contributed by atoms with Crippen molar-refractivity contribution >= 4 is 11.8 Å². The fourth-order valence-electron chi connectivity index (χ4n) is 3.42. The maximum absolute atomic E-state index is 13.0. The molecule has 0 spiro atoms. The smallest absolute Gasteiger partial charge is 0.253 e. The van der Waals surface area contributed by atoms with E-state index in [1.807, 2.05) is 36.4 Å². The van der Waals surface area contributed by atoms with Gasteiger partial charge < -0.3 is 14.5 Å². The summed E-state index contributed by atoms with van der Waals surface area (Å²) in [5.41, 5.74) is 2.82. The molecule has 1 aliphatic rings. The van der Waals surface area contributed by atoms with Crippen LogP contribution in [0.5, 0.6) is 0 Å². The topological polar surface area (TPSA) is 73.6 Å². The molecular weight excluding hydrogens is 354 g/mol. The Morgan fingerprint density at radius 2 is 1.79 bits per heavy atom. The third-order valence-corrected chi connectivity index (χ3v) is 4.87. The molecule has 144 valence electrons. The van der Waals surface area contributed by atoms with Gasteiger partial charge in [0.2, 0.25) is 5.91 Å². The van der Waals surface area contributed by atoms with Gasteiger partial charge in [0.1, 0.15) is 6.61 Å². The summed E-state index contributed by atoms with van der Waals surface area (Å²) in [6, 6.07) is 16.9. The number of benzene rings is 2. The number of rotatable bonds is 4. The first-order chi connectivity index (χ1) is 13.6. The zero-order chi connectivity index (χ0) is 19.9. The number of hydrogen-bond acceptors (Lipinski definition) is 4. The number of nitriles is 1. The van der Waals surface area contributed by atoms with Gasteiger partial charge in [0.25, 0.3) is 5.91 Å². The first kappa shape index (κ1) is 19.6. The van der Waals surface area contributed by atoms with Crippen molar-refractivity contribution in [1.82, 2.24) is 9.80 Å². The van der Waals surface area contributed by atoms with Crippen LogP contribution in [0.25, 0.3) is 11.1 Å². The Morgan fingerprint density at radius 3 is 2.57 bits per heavy atom. The molecule has 0 N–H and O–H groups in total. The zero-order valence-electron chi connectivity index (χ0n) is 15.9.